The maximum absolute atomic E-state index is 13.0. The Morgan fingerprint density at radius 1 is 1.19 bits per heavy atom. The van der Waals surface area contributed by atoms with Gasteiger partial charge in [0.15, 0.2) is 0 Å². The molecule has 27 heavy (non-hydrogen) atoms. The van der Waals surface area contributed by atoms with Crippen molar-refractivity contribution in [1.29, 1.82) is 0 Å². The first-order chi connectivity index (χ1) is 13.1. The molecule has 0 aliphatic carbocycles. The number of hydrogen-bond acceptors (Lipinski definition) is 5. The molecule has 144 valence electrons. The summed E-state index contributed by atoms with van der Waals surface area (Å²) in [5.41, 5.74) is 1.93. The number of piperidine rings is 1. The van der Waals surface area contributed by atoms with E-state index in [0.29, 0.717) is 11.6 Å². The number of benzene rings is 1. The molecule has 2 aromatic rings. The van der Waals surface area contributed by atoms with Crippen LogP contribution in [0.5, 0.6) is 0 Å². The van der Waals surface area contributed by atoms with Gasteiger partial charge in [-0.25, -0.2) is 4.79 Å². The SMILES string of the molecule is Cc1ccc2c(CC(=O)N3CCCC(N4CCOCC4)C3)cc(=O)oc2c1. The van der Waals surface area contributed by atoms with Crippen molar-refractivity contribution >= 4 is 16.9 Å². The van der Waals surface area contributed by atoms with Crippen molar-refractivity contribution in [3.8, 4) is 0 Å². The largest absolute Gasteiger partial charge is 0.423 e. The fourth-order valence-electron chi connectivity index (χ4n) is 4.18. The Morgan fingerprint density at radius 2 is 2.00 bits per heavy atom. The van der Waals surface area contributed by atoms with Crippen molar-refractivity contribution in [3.63, 3.8) is 0 Å². The molecular weight excluding hydrogens is 344 g/mol. The van der Waals surface area contributed by atoms with Gasteiger partial charge in [-0.15, -0.1) is 0 Å². The minimum atomic E-state index is -0.402. The van der Waals surface area contributed by atoms with E-state index in [1.165, 1.54) is 6.07 Å². The molecule has 2 aliphatic rings. The predicted octanol–water partition coefficient (Wildman–Crippen LogP) is 1.97. The highest BCUT2D eigenvalue weighted by molar-refractivity contribution is 5.87. The van der Waals surface area contributed by atoms with Crippen LogP contribution in [-0.4, -0.2) is 61.1 Å². The van der Waals surface area contributed by atoms with E-state index in [9.17, 15) is 9.59 Å². The smallest absolute Gasteiger partial charge is 0.336 e. The second-order valence-electron chi connectivity index (χ2n) is 7.55. The molecule has 0 bridgehead atoms. The van der Waals surface area contributed by atoms with Crippen LogP contribution in [0.1, 0.15) is 24.0 Å². The van der Waals surface area contributed by atoms with Crippen LogP contribution in [0.4, 0.5) is 0 Å². The third-order valence-electron chi connectivity index (χ3n) is 5.64. The number of hydrogen-bond donors (Lipinski definition) is 0. The fourth-order valence-corrected chi connectivity index (χ4v) is 4.18. The van der Waals surface area contributed by atoms with E-state index in [0.717, 1.165) is 68.7 Å². The predicted molar refractivity (Wildman–Crippen MR) is 103 cm³/mol. The molecule has 2 fully saturated rings. The lowest BCUT2D eigenvalue weighted by Gasteiger charge is -2.41. The highest BCUT2D eigenvalue weighted by Crippen LogP contribution is 2.22. The first kappa shape index (κ1) is 18.2. The van der Waals surface area contributed by atoms with E-state index >= 15 is 0 Å². The Kier molecular flexibility index (Phi) is 5.27. The van der Waals surface area contributed by atoms with Gasteiger partial charge in [-0.05, 0) is 37.0 Å². The van der Waals surface area contributed by atoms with Gasteiger partial charge in [0.2, 0.25) is 5.91 Å². The standard InChI is InChI=1S/C21H26N2O4/c1-15-4-5-18-16(13-21(25)27-19(18)11-15)12-20(24)23-6-2-3-17(14-23)22-7-9-26-10-8-22/h4-5,11,13,17H,2-3,6-10,12,14H2,1H3. The lowest BCUT2D eigenvalue weighted by molar-refractivity contribution is -0.133. The second kappa shape index (κ2) is 7.82. The third kappa shape index (κ3) is 4.06. The zero-order valence-electron chi connectivity index (χ0n) is 15.8. The quantitative estimate of drug-likeness (QED) is 0.773. The Labute approximate surface area is 158 Å². The van der Waals surface area contributed by atoms with Gasteiger partial charge < -0.3 is 14.1 Å². The zero-order chi connectivity index (χ0) is 18.8. The number of amides is 1. The highest BCUT2D eigenvalue weighted by Gasteiger charge is 2.29. The van der Waals surface area contributed by atoms with Crippen LogP contribution in [0.2, 0.25) is 0 Å². The molecule has 2 aliphatic heterocycles. The summed E-state index contributed by atoms with van der Waals surface area (Å²) in [4.78, 5) is 29.3. The van der Waals surface area contributed by atoms with Crippen LogP contribution in [0.25, 0.3) is 11.0 Å². The summed E-state index contributed by atoms with van der Waals surface area (Å²) in [5, 5.41) is 0.843. The van der Waals surface area contributed by atoms with Crippen LogP contribution < -0.4 is 5.63 Å². The number of fused-ring (bicyclic) bond motifs is 1. The molecule has 0 N–H and O–H groups in total. The van der Waals surface area contributed by atoms with Crippen LogP contribution >= 0.6 is 0 Å². The molecule has 1 atom stereocenters. The van der Waals surface area contributed by atoms with Crippen molar-refractivity contribution in [2.24, 2.45) is 0 Å². The number of aryl methyl sites for hydroxylation is 1. The first-order valence-electron chi connectivity index (χ1n) is 9.73. The number of carbonyl (C=O) groups is 1. The van der Waals surface area contributed by atoms with Gasteiger partial charge in [0.1, 0.15) is 5.58 Å². The van der Waals surface area contributed by atoms with Crippen LogP contribution in [0.3, 0.4) is 0 Å². The molecule has 1 unspecified atom stereocenters. The van der Waals surface area contributed by atoms with E-state index in [4.69, 9.17) is 9.15 Å². The van der Waals surface area contributed by atoms with E-state index in [1.54, 1.807) is 0 Å². The Bertz CT molecular complexity index is 885. The minimum Gasteiger partial charge on any atom is -0.423 e. The first-order valence-corrected chi connectivity index (χ1v) is 9.73. The molecule has 0 spiro atoms. The lowest BCUT2D eigenvalue weighted by Crippen LogP contribution is -2.53. The van der Waals surface area contributed by atoms with Gasteiger partial charge in [0.25, 0.3) is 0 Å². The third-order valence-corrected chi connectivity index (χ3v) is 5.64. The summed E-state index contributed by atoms with van der Waals surface area (Å²) >= 11 is 0. The summed E-state index contributed by atoms with van der Waals surface area (Å²) in [5.74, 6) is 0.0837. The van der Waals surface area contributed by atoms with E-state index in [2.05, 4.69) is 4.90 Å². The van der Waals surface area contributed by atoms with Crippen LogP contribution in [0.15, 0.2) is 33.5 Å². The average molecular weight is 370 g/mol. The monoisotopic (exact) mass is 370 g/mol. The van der Waals surface area contributed by atoms with Gasteiger partial charge in [-0.3, -0.25) is 9.69 Å². The van der Waals surface area contributed by atoms with E-state index < -0.39 is 5.63 Å². The zero-order valence-corrected chi connectivity index (χ0v) is 15.8. The molecule has 1 aromatic carbocycles. The molecule has 6 heteroatoms. The Morgan fingerprint density at radius 3 is 2.81 bits per heavy atom. The van der Waals surface area contributed by atoms with Gasteiger partial charge in [0.05, 0.1) is 19.6 Å². The maximum atomic E-state index is 13.0. The van der Waals surface area contributed by atoms with Crippen molar-refractivity contribution in [3.05, 3.63) is 45.8 Å². The normalized spacial score (nSPS) is 21.5. The molecule has 1 aromatic heterocycles. The minimum absolute atomic E-state index is 0.0837. The van der Waals surface area contributed by atoms with Crippen molar-refractivity contribution < 1.29 is 13.9 Å². The number of carbonyl (C=O) groups excluding carboxylic acids is 1. The number of morpholine rings is 1. The van der Waals surface area contributed by atoms with Gasteiger partial charge in [0, 0.05) is 43.7 Å². The number of ether oxygens (including phenoxy) is 1. The molecule has 0 radical (unpaired) electrons. The molecule has 4 rings (SSSR count). The molecule has 1 amide bonds. The molecule has 3 heterocycles. The molecule has 2 saturated heterocycles. The van der Waals surface area contributed by atoms with E-state index in [-0.39, 0.29) is 12.3 Å². The summed E-state index contributed by atoms with van der Waals surface area (Å²) in [6.45, 7) is 6.93. The van der Waals surface area contributed by atoms with Gasteiger partial charge >= 0.3 is 5.63 Å². The maximum Gasteiger partial charge on any atom is 0.336 e. The van der Waals surface area contributed by atoms with E-state index in [1.807, 2.05) is 30.0 Å². The highest BCUT2D eigenvalue weighted by atomic mass is 16.5. The fraction of sp³-hybridized carbons (Fsp3) is 0.524. The van der Waals surface area contributed by atoms with Crippen molar-refractivity contribution in [2.45, 2.75) is 32.2 Å². The molecular formula is C21H26N2O4. The topological polar surface area (TPSA) is 63.0 Å². The lowest BCUT2D eigenvalue weighted by atomic mass is 10.0. The summed E-state index contributed by atoms with van der Waals surface area (Å²) in [6, 6.07) is 7.63. The summed E-state index contributed by atoms with van der Waals surface area (Å²) in [6.07, 6.45) is 2.38. The van der Waals surface area contributed by atoms with Crippen LogP contribution in [0, 0.1) is 6.92 Å². The van der Waals surface area contributed by atoms with Gasteiger partial charge in [-0.1, -0.05) is 12.1 Å². The number of likely N-dealkylation sites (tertiary alicyclic amines) is 1. The summed E-state index contributed by atoms with van der Waals surface area (Å²) in [7, 11) is 0. The van der Waals surface area contributed by atoms with Crippen molar-refractivity contribution in [2.75, 3.05) is 39.4 Å². The molecule has 0 saturated carbocycles. The van der Waals surface area contributed by atoms with Crippen LogP contribution in [-0.2, 0) is 16.0 Å². The summed E-state index contributed by atoms with van der Waals surface area (Å²) < 4.78 is 10.8. The number of rotatable bonds is 3. The van der Waals surface area contributed by atoms with Crippen molar-refractivity contribution in [1.82, 2.24) is 9.80 Å². The molecule has 6 nitrogen and oxygen atoms in total. The van der Waals surface area contributed by atoms with Gasteiger partial charge in [-0.2, -0.15) is 0 Å². The number of nitrogens with zero attached hydrogens (tertiary/aromatic N) is 2. The Balaban J connectivity index is 1.50. The Hall–Kier alpha value is -2.18. The second-order valence-corrected chi connectivity index (χ2v) is 7.55. The average Bonchev–Trinajstić information content (AvgIpc) is 2.68.